The number of likely N-dealkylation sites (tertiary alicyclic amines) is 1. The van der Waals surface area contributed by atoms with E-state index in [1.165, 1.54) is 24.8 Å². The summed E-state index contributed by atoms with van der Waals surface area (Å²) in [6, 6.07) is 12.2. The second-order valence-electron chi connectivity index (χ2n) is 8.00. The molecule has 1 amide bonds. The van der Waals surface area contributed by atoms with E-state index in [9.17, 15) is 4.79 Å². The first kappa shape index (κ1) is 18.1. The van der Waals surface area contributed by atoms with Gasteiger partial charge in [-0.2, -0.15) is 4.52 Å². The van der Waals surface area contributed by atoms with Gasteiger partial charge in [-0.1, -0.05) is 36.8 Å². The summed E-state index contributed by atoms with van der Waals surface area (Å²) in [6.45, 7) is 2.51. The molecule has 1 aliphatic carbocycles. The molecular formula is C22H26N6O. The summed E-state index contributed by atoms with van der Waals surface area (Å²) in [5.74, 6) is 2.52. The first-order valence-electron chi connectivity index (χ1n) is 10.6. The number of carbonyl (C=O) groups excluding carboxylic acids is 1. The van der Waals surface area contributed by atoms with Gasteiger partial charge in [0.05, 0.1) is 0 Å². The molecule has 1 saturated carbocycles. The zero-order chi connectivity index (χ0) is 19.6. The van der Waals surface area contributed by atoms with Crippen molar-refractivity contribution in [3.8, 4) is 11.4 Å². The predicted octanol–water partition coefficient (Wildman–Crippen LogP) is 3.48. The third-order valence-electron chi connectivity index (χ3n) is 6.07. The van der Waals surface area contributed by atoms with Gasteiger partial charge >= 0.3 is 0 Å². The molecule has 0 radical (unpaired) electrons. The van der Waals surface area contributed by atoms with Gasteiger partial charge in [0.15, 0.2) is 17.3 Å². The van der Waals surface area contributed by atoms with Crippen molar-refractivity contribution in [1.29, 1.82) is 0 Å². The zero-order valence-electron chi connectivity index (χ0n) is 16.5. The van der Waals surface area contributed by atoms with Crippen molar-refractivity contribution in [3.05, 3.63) is 42.0 Å². The highest BCUT2D eigenvalue weighted by molar-refractivity contribution is 5.78. The molecule has 1 aromatic carbocycles. The summed E-state index contributed by atoms with van der Waals surface area (Å²) in [4.78, 5) is 13.8. The molecule has 5 rings (SSSR count). The van der Waals surface area contributed by atoms with Crippen LogP contribution in [0.1, 0.15) is 50.0 Å². The smallest absolute Gasteiger partial charge is 0.222 e. The highest BCUT2D eigenvalue weighted by Crippen LogP contribution is 2.39. The van der Waals surface area contributed by atoms with Gasteiger partial charge < -0.3 is 10.2 Å². The fourth-order valence-corrected chi connectivity index (χ4v) is 4.20. The Bertz CT molecular complexity index is 1010. The number of hydrogen-bond acceptors (Lipinski definition) is 5. The highest BCUT2D eigenvalue weighted by atomic mass is 16.2. The first-order chi connectivity index (χ1) is 14.3. The van der Waals surface area contributed by atoms with Crippen LogP contribution in [0.15, 0.2) is 36.4 Å². The number of benzene rings is 1. The van der Waals surface area contributed by atoms with Crippen molar-refractivity contribution in [2.45, 2.75) is 44.4 Å². The van der Waals surface area contributed by atoms with Crippen LogP contribution in [0, 0.1) is 0 Å². The Kier molecular flexibility index (Phi) is 4.87. The molecule has 7 nitrogen and oxygen atoms in total. The SMILES string of the molecule is O=C1CCCN1CCCNc1nn2c(-c3ccccc3)nnc2cc1C1CCC1. The van der Waals surface area contributed by atoms with Gasteiger partial charge in [-0.25, -0.2) is 0 Å². The van der Waals surface area contributed by atoms with Crippen LogP contribution in [0.3, 0.4) is 0 Å². The molecule has 0 atom stereocenters. The van der Waals surface area contributed by atoms with E-state index in [1.54, 1.807) is 0 Å². The molecular weight excluding hydrogens is 364 g/mol. The topological polar surface area (TPSA) is 75.4 Å². The van der Waals surface area contributed by atoms with Crippen molar-refractivity contribution >= 4 is 17.4 Å². The quantitative estimate of drug-likeness (QED) is 0.625. The number of anilines is 1. The fraction of sp³-hybridized carbons (Fsp3) is 0.455. The van der Waals surface area contributed by atoms with E-state index in [1.807, 2.05) is 39.7 Å². The molecule has 0 unspecified atom stereocenters. The second kappa shape index (κ2) is 7.81. The average Bonchev–Trinajstić information content (AvgIpc) is 3.30. The van der Waals surface area contributed by atoms with E-state index < -0.39 is 0 Å². The van der Waals surface area contributed by atoms with E-state index in [0.29, 0.717) is 12.3 Å². The number of carbonyl (C=O) groups is 1. The van der Waals surface area contributed by atoms with Crippen LogP contribution in [-0.4, -0.2) is 50.3 Å². The molecule has 29 heavy (non-hydrogen) atoms. The third kappa shape index (κ3) is 3.57. The standard InChI is InChI=1S/C22H26N6O/c29-20-11-5-13-27(20)14-6-12-23-21-18(16-9-4-10-16)15-19-24-25-22(28(19)26-21)17-7-2-1-3-8-17/h1-3,7-8,15-16H,4-6,9-14H2,(H,23,26). The van der Waals surface area contributed by atoms with Crippen LogP contribution in [0.2, 0.25) is 0 Å². The van der Waals surface area contributed by atoms with E-state index in [-0.39, 0.29) is 5.91 Å². The highest BCUT2D eigenvalue weighted by Gasteiger charge is 2.25. The van der Waals surface area contributed by atoms with Crippen LogP contribution >= 0.6 is 0 Å². The van der Waals surface area contributed by atoms with E-state index in [2.05, 4.69) is 21.6 Å². The maximum absolute atomic E-state index is 11.8. The van der Waals surface area contributed by atoms with Gasteiger partial charge in [0.1, 0.15) is 0 Å². The number of nitrogens with zero attached hydrogens (tertiary/aromatic N) is 5. The molecule has 3 heterocycles. The number of aromatic nitrogens is 4. The second-order valence-corrected chi connectivity index (χ2v) is 8.00. The molecule has 7 heteroatoms. The Balaban J connectivity index is 1.38. The van der Waals surface area contributed by atoms with Crippen molar-refractivity contribution in [2.24, 2.45) is 0 Å². The molecule has 1 aliphatic heterocycles. The third-order valence-corrected chi connectivity index (χ3v) is 6.07. The first-order valence-corrected chi connectivity index (χ1v) is 10.6. The minimum absolute atomic E-state index is 0.289. The fourth-order valence-electron chi connectivity index (χ4n) is 4.20. The molecule has 1 N–H and O–H groups in total. The zero-order valence-corrected chi connectivity index (χ0v) is 16.5. The maximum Gasteiger partial charge on any atom is 0.222 e. The largest absolute Gasteiger partial charge is 0.368 e. The van der Waals surface area contributed by atoms with Gasteiger partial charge in [0, 0.05) is 37.2 Å². The van der Waals surface area contributed by atoms with Gasteiger partial charge in [-0.05, 0) is 37.7 Å². The summed E-state index contributed by atoms with van der Waals surface area (Å²) >= 11 is 0. The maximum atomic E-state index is 11.8. The average molecular weight is 390 g/mol. The van der Waals surface area contributed by atoms with Crippen molar-refractivity contribution in [1.82, 2.24) is 24.7 Å². The summed E-state index contributed by atoms with van der Waals surface area (Å²) in [6.07, 6.45) is 6.29. The lowest BCUT2D eigenvalue weighted by Crippen LogP contribution is -2.27. The Labute approximate surface area is 170 Å². The summed E-state index contributed by atoms with van der Waals surface area (Å²) in [7, 11) is 0. The van der Waals surface area contributed by atoms with E-state index >= 15 is 0 Å². The Morgan fingerprint density at radius 1 is 1.10 bits per heavy atom. The van der Waals surface area contributed by atoms with Crippen molar-refractivity contribution < 1.29 is 4.79 Å². The Morgan fingerprint density at radius 2 is 1.97 bits per heavy atom. The number of rotatable bonds is 7. The minimum Gasteiger partial charge on any atom is -0.368 e. The number of hydrogen-bond donors (Lipinski definition) is 1. The lowest BCUT2D eigenvalue weighted by atomic mass is 9.80. The molecule has 2 aliphatic rings. The molecule has 1 saturated heterocycles. The van der Waals surface area contributed by atoms with Gasteiger partial charge in [-0.3, -0.25) is 4.79 Å². The monoisotopic (exact) mass is 390 g/mol. The van der Waals surface area contributed by atoms with Crippen molar-refractivity contribution in [3.63, 3.8) is 0 Å². The summed E-state index contributed by atoms with van der Waals surface area (Å²) in [5, 5.41) is 17.2. The van der Waals surface area contributed by atoms with Gasteiger partial charge in [0.25, 0.3) is 0 Å². The minimum atomic E-state index is 0.289. The lowest BCUT2D eigenvalue weighted by molar-refractivity contribution is -0.127. The molecule has 2 fully saturated rings. The molecule has 0 bridgehead atoms. The van der Waals surface area contributed by atoms with Crippen LogP contribution in [0.5, 0.6) is 0 Å². The molecule has 0 spiro atoms. The van der Waals surface area contributed by atoms with Gasteiger partial charge in [0.2, 0.25) is 5.91 Å². The predicted molar refractivity (Wildman–Crippen MR) is 112 cm³/mol. The Hall–Kier alpha value is -2.96. The van der Waals surface area contributed by atoms with E-state index in [4.69, 9.17) is 5.10 Å². The number of fused-ring (bicyclic) bond motifs is 1. The lowest BCUT2D eigenvalue weighted by Gasteiger charge is -2.27. The molecule has 150 valence electrons. The Morgan fingerprint density at radius 3 is 2.69 bits per heavy atom. The number of amides is 1. The normalized spacial score (nSPS) is 17.1. The van der Waals surface area contributed by atoms with Crippen LogP contribution in [0.25, 0.3) is 17.0 Å². The summed E-state index contributed by atoms with van der Waals surface area (Å²) in [5.41, 5.74) is 3.04. The van der Waals surface area contributed by atoms with E-state index in [0.717, 1.165) is 55.3 Å². The number of nitrogens with one attached hydrogen (secondary N) is 1. The molecule has 3 aromatic rings. The van der Waals surface area contributed by atoms with Crippen LogP contribution in [0.4, 0.5) is 5.82 Å². The molecule has 2 aromatic heterocycles. The van der Waals surface area contributed by atoms with Crippen LogP contribution < -0.4 is 5.32 Å². The van der Waals surface area contributed by atoms with Crippen LogP contribution in [-0.2, 0) is 4.79 Å². The summed E-state index contributed by atoms with van der Waals surface area (Å²) < 4.78 is 1.84. The van der Waals surface area contributed by atoms with Crippen molar-refractivity contribution in [2.75, 3.05) is 25.0 Å². The van der Waals surface area contributed by atoms with Gasteiger partial charge in [-0.15, -0.1) is 15.3 Å².